The standard InChI is InChI=1S/C7H9NS2/c1-9-7(10-2)3-6(4-7)5-8/h3H,4H2,1-2H3. The third-order valence-electron chi connectivity index (χ3n) is 1.67. The Kier molecular flexibility index (Phi) is 2.32. The first-order valence-corrected chi connectivity index (χ1v) is 5.43. The van der Waals surface area contributed by atoms with Gasteiger partial charge in [0.25, 0.3) is 0 Å². The fourth-order valence-corrected chi connectivity index (χ4v) is 2.71. The minimum Gasteiger partial charge on any atom is -0.193 e. The Labute approximate surface area is 69.9 Å². The van der Waals surface area contributed by atoms with Crippen LogP contribution in [0.2, 0.25) is 0 Å². The van der Waals surface area contributed by atoms with Crippen LogP contribution in [-0.2, 0) is 0 Å². The summed E-state index contributed by atoms with van der Waals surface area (Å²) in [7, 11) is 0. The van der Waals surface area contributed by atoms with Crippen molar-refractivity contribution in [1.29, 1.82) is 5.26 Å². The third kappa shape index (κ3) is 1.18. The van der Waals surface area contributed by atoms with E-state index >= 15 is 0 Å². The van der Waals surface area contributed by atoms with Crippen LogP contribution in [-0.4, -0.2) is 16.6 Å². The van der Waals surface area contributed by atoms with Crippen molar-refractivity contribution in [2.45, 2.75) is 10.5 Å². The second kappa shape index (κ2) is 2.89. The molecule has 54 valence electrons. The Bertz CT molecular complexity index is 198. The van der Waals surface area contributed by atoms with E-state index in [4.69, 9.17) is 5.26 Å². The van der Waals surface area contributed by atoms with Gasteiger partial charge in [0.2, 0.25) is 0 Å². The van der Waals surface area contributed by atoms with Crippen molar-refractivity contribution in [1.82, 2.24) is 0 Å². The van der Waals surface area contributed by atoms with E-state index in [0.717, 1.165) is 12.0 Å². The highest BCUT2D eigenvalue weighted by atomic mass is 32.2. The number of hydrogen-bond acceptors (Lipinski definition) is 3. The maximum atomic E-state index is 8.47. The summed E-state index contributed by atoms with van der Waals surface area (Å²) in [5.74, 6) is 0. The molecule has 10 heavy (non-hydrogen) atoms. The van der Waals surface area contributed by atoms with E-state index in [-0.39, 0.29) is 4.08 Å². The SMILES string of the molecule is CSC1(SC)C=C(C#N)C1. The molecular weight excluding hydrogens is 162 g/mol. The monoisotopic (exact) mass is 171 g/mol. The summed E-state index contributed by atoms with van der Waals surface area (Å²) in [6, 6.07) is 2.16. The molecule has 0 unspecified atom stereocenters. The fourth-order valence-electron chi connectivity index (χ4n) is 0.919. The number of hydrogen-bond donors (Lipinski definition) is 0. The Morgan fingerprint density at radius 3 is 2.40 bits per heavy atom. The van der Waals surface area contributed by atoms with Crippen molar-refractivity contribution in [2.24, 2.45) is 0 Å². The molecule has 1 nitrogen and oxygen atoms in total. The van der Waals surface area contributed by atoms with Crippen molar-refractivity contribution < 1.29 is 0 Å². The van der Waals surface area contributed by atoms with Crippen LogP contribution in [0.1, 0.15) is 6.42 Å². The first-order valence-electron chi connectivity index (χ1n) is 2.98. The van der Waals surface area contributed by atoms with Gasteiger partial charge in [-0.2, -0.15) is 5.26 Å². The topological polar surface area (TPSA) is 23.8 Å². The first-order chi connectivity index (χ1) is 4.76. The number of thioether (sulfide) groups is 2. The normalized spacial score (nSPS) is 20.7. The highest BCUT2D eigenvalue weighted by Gasteiger charge is 2.35. The number of nitriles is 1. The van der Waals surface area contributed by atoms with Crippen molar-refractivity contribution in [3.8, 4) is 6.07 Å². The second-order valence-corrected chi connectivity index (χ2v) is 4.71. The highest BCUT2D eigenvalue weighted by Crippen LogP contribution is 2.48. The van der Waals surface area contributed by atoms with E-state index in [1.807, 2.05) is 23.5 Å². The molecule has 0 spiro atoms. The Hall–Kier alpha value is -0.0700. The Morgan fingerprint density at radius 2 is 2.10 bits per heavy atom. The summed E-state index contributed by atoms with van der Waals surface area (Å²) in [6.45, 7) is 0. The van der Waals surface area contributed by atoms with Crippen LogP contribution in [0.25, 0.3) is 0 Å². The summed E-state index contributed by atoms with van der Waals surface area (Å²) in [5.41, 5.74) is 0.934. The van der Waals surface area contributed by atoms with E-state index in [0.29, 0.717) is 0 Å². The fraction of sp³-hybridized carbons (Fsp3) is 0.571. The highest BCUT2D eigenvalue weighted by molar-refractivity contribution is 8.18. The van der Waals surface area contributed by atoms with Gasteiger partial charge >= 0.3 is 0 Å². The zero-order valence-corrected chi connectivity index (χ0v) is 7.68. The summed E-state index contributed by atoms with van der Waals surface area (Å²) in [5, 5.41) is 8.47. The largest absolute Gasteiger partial charge is 0.193 e. The molecule has 1 rings (SSSR count). The van der Waals surface area contributed by atoms with Gasteiger partial charge in [-0.05, 0) is 18.6 Å². The van der Waals surface area contributed by atoms with E-state index in [1.54, 1.807) is 0 Å². The summed E-state index contributed by atoms with van der Waals surface area (Å²) >= 11 is 3.63. The average molecular weight is 171 g/mol. The van der Waals surface area contributed by atoms with Gasteiger partial charge in [0, 0.05) is 12.0 Å². The maximum Gasteiger partial charge on any atom is 0.0945 e. The average Bonchev–Trinajstić information content (AvgIpc) is 1.89. The molecule has 0 saturated heterocycles. The molecule has 0 atom stereocenters. The Morgan fingerprint density at radius 1 is 1.60 bits per heavy atom. The maximum absolute atomic E-state index is 8.47. The van der Waals surface area contributed by atoms with Gasteiger partial charge in [-0.3, -0.25) is 0 Å². The van der Waals surface area contributed by atoms with Gasteiger partial charge in [0.05, 0.1) is 10.1 Å². The van der Waals surface area contributed by atoms with Gasteiger partial charge in [-0.1, -0.05) is 0 Å². The van der Waals surface area contributed by atoms with E-state index in [9.17, 15) is 0 Å². The number of rotatable bonds is 2. The van der Waals surface area contributed by atoms with Crippen LogP contribution in [0.5, 0.6) is 0 Å². The van der Waals surface area contributed by atoms with Crippen molar-refractivity contribution >= 4 is 23.5 Å². The quantitative estimate of drug-likeness (QED) is 0.595. The predicted octanol–water partition coefficient (Wildman–Crippen LogP) is 2.26. The lowest BCUT2D eigenvalue weighted by atomic mass is 9.99. The molecule has 0 aromatic rings. The molecule has 0 aromatic heterocycles. The zero-order valence-electron chi connectivity index (χ0n) is 6.05. The minimum atomic E-state index is 0.227. The van der Waals surface area contributed by atoms with Crippen molar-refractivity contribution in [3.05, 3.63) is 11.6 Å². The molecule has 0 aliphatic heterocycles. The van der Waals surface area contributed by atoms with Crippen LogP contribution in [0.15, 0.2) is 11.6 Å². The molecule has 3 heteroatoms. The molecule has 0 fully saturated rings. The smallest absolute Gasteiger partial charge is 0.0945 e. The zero-order chi connectivity index (χ0) is 7.61. The first kappa shape index (κ1) is 8.03. The molecule has 0 heterocycles. The molecule has 0 saturated carbocycles. The van der Waals surface area contributed by atoms with E-state index < -0.39 is 0 Å². The molecule has 0 aromatic carbocycles. The summed E-state index contributed by atoms with van der Waals surface area (Å²) < 4.78 is 0.227. The third-order valence-corrected chi connectivity index (χ3v) is 4.57. The molecule has 0 bridgehead atoms. The van der Waals surface area contributed by atoms with Crippen LogP contribution in [0, 0.1) is 11.3 Å². The lowest BCUT2D eigenvalue weighted by Gasteiger charge is -2.33. The molecule has 0 amide bonds. The van der Waals surface area contributed by atoms with E-state index in [2.05, 4.69) is 24.7 Å². The van der Waals surface area contributed by atoms with Gasteiger partial charge in [-0.25, -0.2) is 0 Å². The molecule has 1 aliphatic rings. The van der Waals surface area contributed by atoms with Gasteiger partial charge in [0.1, 0.15) is 0 Å². The van der Waals surface area contributed by atoms with Crippen molar-refractivity contribution in [3.63, 3.8) is 0 Å². The van der Waals surface area contributed by atoms with Crippen LogP contribution in [0.4, 0.5) is 0 Å². The van der Waals surface area contributed by atoms with Gasteiger partial charge in [0.15, 0.2) is 0 Å². The Balaban J connectivity index is 2.64. The molecular formula is C7H9NS2. The van der Waals surface area contributed by atoms with Crippen LogP contribution >= 0.6 is 23.5 Å². The summed E-state index contributed by atoms with van der Waals surface area (Å²) in [4.78, 5) is 0. The lowest BCUT2D eigenvalue weighted by molar-refractivity contribution is 0.877. The van der Waals surface area contributed by atoms with Crippen molar-refractivity contribution in [2.75, 3.05) is 12.5 Å². The summed E-state index contributed by atoms with van der Waals surface area (Å²) in [6.07, 6.45) is 7.16. The van der Waals surface area contributed by atoms with Gasteiger partial charge < -0.3 is 0 Å². The molecule has 0 radical (unpaired) electrons. The number of allylic oxidation sites excluding steroid dienone is 1. The lowest BCUT2D eigenvalue weighted by Crippen LogP contribution is -2.25. The van der Waals surface area contributed by atoms with Gasteiger partial charge in [-0.15, -0.1) is 23.5 Å². The predicted molar refractivity (Wildman–Crippen MR) is 48.1 cm³/mol. The van der Waals surface area contributed by atoms with Crippen LogP contribution in [0.3, 0.4) is 0 Å². The minimum absolute atomic E-state index is 0.227. The second-order valence-electron chi connectivity index (χ2n) is 2.18. The van der Waals surface area contributed by atoms with Crippen LogP contribution < -0.4 is 0 Å². The number of nitrogens with zero attached hydrogens (tertiary/aromatic N) is 1. The van der Waals surface area contributed by atoms with E-state index in [1.165, 1.54) is 0 Å². The molecule has 0 N–H and O–H groups in total. The molecule has 1 aliphatic carbocycles.